The minimum Gasteiger partial charge on any atom is -0.410 e. The zero-order valence-corrected chi connectivity index (χ0v) is 11.9. The van der Waals surface area contributed by atoms with Crippen LogP contribution >= 0.6 is 0 Å². The van der Waals surface area contributed by atoms with Gasteiger partial charge in [-0.15, -0.1) is 0 Å². The Morgan fingerprint density at radius 2 is 1.79 bits per heavy atom. The molecular formula is C15H22N2O2. The molecule has 1 aliphatic heterocycles. The topological polar surface area (TPSA) is 50.4 Å². The van der Waals surface area contributed by atoms with Gasteiger partial charge in [0.1, 0.15) is 5.75 Å². The molecule has 1 aromatic carbocycles. The third-order valence-electron chi connectivity index (χ3n) is 3.66. The Balaban J connectivity index is 1.96. The van der Waals surface area contributed by atoms with Crippen LogP contribution in [0.1, 0.15) is 29.5 Å². The number of nitrogens with one attached hydrogen (secondary N) is 2. The quantitative estimate of drug-likeness (QED) is 0.860. The molecule has 1 aromatic rings. The lowest BCUT2D eigenvalue weighted by atomic mass is 10.1. The molecule has 0 saturated carbocycles. The summed E-state index contributed by atoms with van der Waals surface area (Å²) in [6, 6.07) is 4.19. The normalized spacial score (nSPS) is 16.2. The van der Waals surface area contributed by atoms with Crippen molar-refractivity contribution in [3.63, 3.8) is 0 Å². The molecule has 0 aliphatic carbocycles. The van der Waals surface area contributed by atoms with Gasteiger partial charge in [-0.25, -0.2) is 4.79 Å². The van der Waals surface area contributed by atoms with Crippen molar-refractivity contribution in [2.24, 2.45) is 0 Å². The number of hydrogen-bond acceptors (Lipinski definition) is 3. The lowest BCUT2D eigenvalue weighted by molar-refractivity contribution is 0.192. The van der Waals surface area contributed by atoms with Crippen molar-refractivity contribution in [2.45, 2.75) is 39.7 Å². The minimum absolute atomic E-state index is 0.223. The number of amides is 1. The fourth-order valence-electron chi connectivity index (χ4n) is 2.31. The molecule has 0 atom stereocenters. The first kappa shape index (κ1) is 13.9. The van der Waals surface area contributed by atoms with Crippen molar-refractivity contribution < 1.29 is 9.53 Å². The van der Waals surface area contributed by atoms with Crippen LogP contribution in [0.15, 0.2) is 12.1 Å². The van der Waals surface area contributed by atoms with Crippen LogP contribution in [0.3, 0.4) is 0 Å². The van der Waals surface area contributed by atoms with Gasteiger partial charge in [0.25, 0.3) is 0 Å². The SMILES string of the molecule is Cc1cc(C)c(OC(=O)NC2CCNCC2)cc1C. The van der Waals surface area contributed by atoms with Crippen LogP contribution in [-0.2, 0) is 0 Å². The van der Waals surface area contributed by atoms with Crippen LogP contribution in [0.4, 0.5) is 4.79 Å². The molecule has 19 heavy (non-hydrogen) atoms. The van der Waals surface area contributed by atoms with Crippen LogP contribution in [0.25, 0.3) is 0 Å². The lowest BCUT2D eigenvalue weighted by Gasteiger charge is -2.23. The van der Waals surface area contributed by atoms with Crippen LogP contribution in [0, 0.1) is 20.8 Å². The fourth-order valence-corrected chi connectivity index (χ4v) is 2.31. The second kappa shape index (κ2) is 6.06. The summed E-state index contributed by atoms with van der Waals surface area (Å²) in [5.41, 5.74) is 3.34. The molecule has 0 unspecified atom stereocenters. The highest BCUT2D eigenvalue weighted by Crippen LogP contribution is 2.22. The number of benzene rings is 1. The molecule has 4 nitrogen and oxygen atoms in total. The predicted octanol–water partition coefficient (Wildman–Crippen LogP) is 2.45. The predicted molar refractivity (Wildman–Crippen MR) is 75.7 cm³/mol. The standard InChI is InChI=1S/C15H22N2O2/c1-10-8-12(3)14(9-11(10)2)19-15(18)17-13-4-6-16-7-5-13/h8-9,13,16H,4-7H2,1-3H3,(H,17,18). The third kappa shape index (κ3) is 3.70. The number of piperidine rings is 1. The van der Waals surface area contributed by atoms with E-state index in [4.69, 9.17) is 4.74 Å². The van der Waals surface area contributed by atoms with E-state index in [1.165, 1.54) is 5.56 Å². The molecule has 1 heterocycles. The van der Waals surface area contributed by atoms with E-state index in [-0.39, 0.29) is 12.1 Å². The second-order valence-corrected chi connectivity index (χ2v) is 5.26. The molecule has 2 rings (SSSR count). The zero-order chi connectivity index (χ0) is 13.8. The molecule has 0 spiro atoms. The Kier molecular flexibility index (Phi) is 4.43. The summed E-state index contributed by atoms with van der Waals surface area (Å²) in [6.07, 6.45) is 1.57. The Morgan fingerprint density at radius 1 is 1.16 bits per heavy atom. The van der Waals surface area contributed by atoms with Gasteiger partial charge in [0, 0.05) is 6.04 Å². The highest BCUT2D eigenvalue weighted by atomic mass is 16.6. The summed E-state index contributed by atoms with van der Waals surface area (Å²) in [7, 11) is 0. The second-order valence-electron chi connectivity index (χ2n) is 5.26. The average Bonchev–Trinajstić information content (AvgIpc) is 2.37. The number of carbonyl (C=O) groups excluding carboxylic acids is 1. The molecule has 104 valence electrons. The Morgan fingerprint density at radius 3 is 2.47 bits per heavy atom. The molecule has 1 amide bonds. The molecule has 0 bridgehead atoms. The van der Waals surface area contributed by atoms with Gasteiger partial charge in [0.15, 0.2) is 0 Å². The van der Waals surface area contributed by atoms with Crippen molar-refractivity contribution in [3.05, 3.63) is 28.8 Å². The van der Waals surface area contributed by atoms with Gasteiger partial charge >= 0.3 is 6.09 Å². The Hall–Kier alpha value is -1.55. The van der Waals surface area contributed by atoms with Crippen LogP contribution in [-0.4, -0.2) is 25.2 Å². The maximum atomic E-state index is 11.9. The first-order chi connectivity index (χ1) is 9.06. The summed E-state index contributed by atoms with van der Waals surface area (Å²) in [4.78, 5) is 11.9. The van der Waals surface area contributed by atoms with Gasteiger partial charge in [0.05, 0.1) is 0 Å². The summed E-state index contributed by atoms with van der Waals surface area (Å²) in [5.74, 6) is 0.648. The van der Waals surface area contributed by atoms with Gasteiger partial charge in [-0.3, -0.25) is 0 Å². The number of aryl methyl sites for hydroxylation is 3. The van der Waals surface area contributed by atoms with Gasteiger partial charge < -0.3 is 15.4 Å². The first-order valence-corrected chi connectivity index (χ1v) is 6.83. The summed E-state index contributed by atoms with van der Waals surface area (Å²) < 4.78 is 5.41. The first-order valence-electron chi connectivity index (χ1n) is 6.83. The molecule has 0 radical (unpaired) electrons. The third-order valence-corrected chi connectivity index (χ3v) is 3.66. The Labute approximate surface area is 114 Å². The summed E-state index contributed by atoms with van der Waals surface area (Å²) in [6.45, 7) is 7.94. The molecule has 1 saturated heterocycles. The maximum absolute atomic E-state index is 11.9. The van der Waals surface area contributed by atoms with Gasteiger partial charge in [0.2, 0.25) is 0 Å². The van der Waals surface area contributed by atoms with E-state index in [0.717, 1.165) is 37.1 Å². The summed E-state index contributed by atoms with van der Waals surface area (Å²) in [5, 5.41) is 6.20. The average molecular weight is 262 g/mol. The highest BCUT2D eigenvalue weighted by Gasteiger charge is 2.17. The number of carbonyl (C=O) groups is 1. The summed E-state index contributed by atoms with van der Waals surface area (Å²) >= 11 is 0. The number of rotatable bonds is 2. The molecular weight excluding hydrogens is 240 g/mol. The van der Waals surface area contributed by atoms with Gasteiger partial charge in [-0.1, -0.05) is 6.07 Å². The van der Waals surface area contributed by atoms with Gasteiger partial charge in [-0.2, -0.15) is 0 Å². The molecule has 0 aromatic heterocycles. The maximum Gasteiger partial charge on any atom is 0.412 e. The van der Waals surface area contributed by atoms with E-state index in [9.17, 15) is 4.79 Å². The van der Waals surface area contributed by atoms with E-state index in [2.05, 4.69) is 17.6 Å². The number of ether oxygens (including phenoxy) is 1. The van der Waals surface area contributed by atoms with Crippen molar-refractivity contribution >= 4 is 6.09 Å². The number of hydrogen-bond donors (Lipinski definition) is 2. The molecule has 1 aliphatic rings. The largest absolute Gasteiger partial charge is 0.412 e. The van der Waals surface area contributed by atoms with E-state index < -0.39 is 0 Å². The van der Waals surface area contributed by atoms with E-state index in [0.29, 0.717) is 5.75 Å². The van der Waals surface area contributed by atoms with Crippen LogP contribution < -0.4 is 15.4 Å². The zero-order valence-electron chi connectivity index (χ0n) is 11.9. The smallest absolute Gasteiger partial charge is 0.410 e. The van der Waals surface area contributed by atoms with Crippen molar-refractivity contribution in [3.8, 4) is 5.75 Å². The van der Waals surface area contributed by atoms with Crippen molar-refractivity contribution in [2.75, 3.05) is 13.1 Å². The highest BCUT2D eigenvalue weighted by molar-refractivity contribution is 5.71. The fraction of sp³-hybridized carbons (Fsp3) is 0.533. The van der Waals surface area contributed by atoms with Crippen LogP contribution in [0.2, 0.25) is 0 Å². The molecule has 2 N–H and O–H groups in total. The molecule has 4 heteroatoms. The van der Waals surface area contributed by atoms with Crippen molar-refractivity contribution in [1.29, 1.82) is 0 Å². The lowest BCUT2D eigenvalue weighted by Crippen LogP contribution is -2.43. The van der Waals surface area contributed by atoms with E-state index in [1.807, 2.05) is 26.0 Å². The van der Waals surface area contributed by atoms with E-state index >= 15 is 0 Å². The van der Waals surface area contributed by atoms with Crippen molar-refractivity contribution in [1.82, 2.24) is 10.6 Å². The van der Waals surface area contributed by atoms with Crippen LogP contribution in [0.5, 0.6) is 5.75 Å². The van der Waals surface area contributed by atoms with Gasteiger partial charge in [-0.05, 0) is 69.5 Å². The monoisotopic (exact) mass is 262 g/mol. The Bertz CT molecular complexity index is 465. The van der Waals surface area contributed by atoms with E-state index in [1.54, 1.807) is 0 Å². The minimum atomic E-state index is -0.349. The molecule has 1 fully saturated rings.